The van der Waals surface area contributed by atoms with Crippen LogP contribution in [0.25, 0.3) is 0 Å². The van der Waals surface area contributed by atoms with Gasteiger partial charge in [-0.05, 0) is 53.1 Å². The van der Waals surface area contributed by atoms with Gasteiger partial charge in [-0.1, -0.05) is 36.4 Å². The smallest absolute Gasteiger partial charge is 0.118 e. The Morgan fingerprint density at radius 3 is 1.11 bits per heavy atom. The molecule has 146 valence electrons. The lowest BCUT2D eigenvalue weighted by molar-refractivity contribution is 0.411. The van der Waals surface area contributed by atoms with Crippen LogP contribution in [-0.4, -0.2) is 28.0 Å². The van der Waals surface area contributed by atoms with Crippen molar-refractivity contribution in [3.63, 3.8) is 0 Å². The number of benzene rings is 3. The van der Waals surface area contributed by atoms with E-state index in [0.29, 0.717) is 6.67 Å². The third-order valence-corrected chi connectivity index (χ3v) is 4.94. The number of methoxy groups -OCH3 is 3. The van der Waals surface area contributed by atoms with Gasteiger partial charge >= 0.3 is 0 Å². The SMILES string of the molecule is COc1ccc(C(NCN)(c2ccc(OC)cc2)c2ccc(OC)cc2)cc1. The summed E-state index contributed by atoms with van der Waals surface area (Å²) in [5.74, 6) is 2.40. The molecule has 5 heteroatoms. The first-order valence-electron chi connectivity index (χ1n) is 9.06. The highest BCUT2D eigenvalue weighted by atomic mass is 16.5. The molecular formula is C23H26N2O3. The molecule has 0 saturated heterocycles. The molecule has 3 aromatic carbocycles. The van der Waals surface area contributed by atoms with Gasteiger partial charge in [-0.15, -0.1) is 0 Å². The molecule has 0 aromatic heterocycles. The monoisotopic (exact) mass is 378 g/mol. The van der Waals surface area contributed by atoms with Crippen molar-refractivity contribution >= 4 is 0 Å². The van der Waals surface area contributed by atoms with Crippen molar-refractivity contribution in [2.75, 3.05) is 28.0 Å². The summed E-state index contributed by atoms with van der Waals surface area (Å²) in [5.41, 5.74) is 8.52. The van der Waals surface area contributed by atoms with E-state index in [2.05, 4.69) is 41.7 Å². The van der Waals surface area contributed by atoms with E-state index in [4.69, 9.17) is 19.9 Å². The summed E-state index contributed by atoms with van der Waals surface area (Å²) >= 11 is 0. The Morgan fingerprint density at radius 1 is 0.607 bits per heavy atom. The fourth-order valence-corrected chi connectivity index (χ4v) is 3.48. The van der Waals surface area contributed by atoms with Gasteiger partial charge < -0.3 is 19.9 Å². The van der Waals surface area contributed by atoms with E-state index in [0.717, 1.165) is 33.9 Å². The predicted octanol–water partition coefficient (Wildman–Crippen LogP) is 3.51. The molecule has 0 heterocycles. The molecule has 0 aliphatic rings. The second-order valence-corrected chi connectivity index (χ2v) is 6.32. The molecule has 0 unspecified atom stereocenters. The van der Waals surface area contributed by atoms with Crippen molar-refractivity contribution in [3.8, 4) is 17.2 Å². The summed E-state index contributed by atoms with van der Waals surface area (Å²) in [4.78, 5) is 0. The van der Waals surface area contributed by atoms with E-state index in [1.807, 2.05) is 36.4 Å². The molecule has 0 fully saturated rings. The number of nitrogens with one attached hydrogen (secondary N) is 1. The van der Waals surface area contributed by atoms with Crippen LogP contribution < -0.4 is 25.3 Å². The Balaban J connectivity index is 2.23. The van der Waals surface area contributed by atoms with Crippen LogP contribution in [-0.2, 0) is 5.54 Å². The van der Waals surface area contributed by atoms with Gasteiger partial charge in [-0.25, -0.2) is 0 Å². The molecule has 5 nitrogen and oxygen atoms in total. The maximum Gasteiger partial charge on any atom is 0.118 e. The van der Waals surface area contributed by atoms with Gasteiger partial charge in [-0.2, -0.15) is 0 Å². The first-order chi connectivity index (χ1) is 13.7. The number of rotatable bonds is 8. The van der Waals surface area contributed by atoms with Crippen LogP contribution in [0.3, 0.4) is 0 Å². The summed E-state index contributed by atoms with van der Waals surface area (Å²) in [6.45, 7) is 0.296. The van der Waals surface area contributed by atoms with Crippen LogP contribution in [0.2, 0.25) is 0 Å². The maximum absolute atomic E-state index is 6.01. The van der Waals surface area contributed by atoms with Crippen LogP contribution in [0.15, 0.2) is 72.8 Å². The molecule has 0 aliphatic heterocycles. The van der Waals surface area contributed by atoms with Crippen molar-refractivity contribution in [2.24, 2.45) is 5.73 Å². The van der Waals surface area contributed by atoms with Gasteiger partial charge in [0.05, 0.1) is 26.9 Å². The largest absolute Gasteiger partial charge is 0.497 e. The standard InChI is InChI=1S/C23H26N2O3/c1-26-20-10-4-17(5-11-20)23(25-16-24,18-6-12-21(27-2)13-7-18)19-8-14-22(28-3)15-9-19/h4-15,25H,16,24H2,1-3H3. The molecule has 0 amide bonds. The van der Waals surface area contributed by atoms with Crippen molar-refractivity contribution in [1.29, 1.82) is 0 Å². The molecule has 0 radical (unpaired) electrons. The number of hydrogen-bond acceptors (Lipinski definition) is 5. The van der Waals surface area contributed by atoms with Crippen LogP contribution in [0, 0.1) is 0 Å². The van der Waals surface area contributed by atoms with Crippen molar-refractivity contribution in [3.05, 3.63) is 89.5 Å². The first-order valence-corrected chi connectivity index (χ1v) is 9.06. The van der Waals surface area contributed by atoms with E-state index in [-0.39, 0.29) is 0 Å². The average Bonchev–Trinajstić information content (AvgIpc) is 2.78. The highest BCUT2D eigenvalue weighted by Gasteiger charge is 2.35. The lowest BCUT2D eigenvalue weighted by Crippen LogP contribution is -2.47. The minimum atomic E-state index is -0.639. The molecular weight excluding hydrogens is 352 g/mol. The minimum Gasteiger partial charge on any atom is -0.497 e. The zero-order valence-corrected chi connectivity index (χ0v) is 16.4. The summed E-state index contributed by atoms with van der Waals surface area (Å²) < 4.78 is 16.0. The third-order valence-electron chi connectivity index (χ3n) is 4.94. The van der Waals surface area contributed by atoms with Gasteiger partial charge in [0.1, 0.15) is 17.2 Å². The fraction of sp³-hybridized carbons (Fsp3) is 0.217. The Kier molecular flexibility index (Phi) is 6.19. The molecule has 3 N–H and O–H groups in total. The topological polar surface area (TPSA) is 65.7 Å². The number of hydrogen-bond donors (Lipinski definition) is 2. The lowest BCUT2D eigenvalue weighted by atomic mass is 9.77. The Morgan fingerprint density at radius 2 is 0.893 bits per heavy atom. The number of ether oxygens (including phenoxy) is 3. The lowest BCUT2D eigenvalue weighted by Gasteiger charge is -2.37. The molecule has 0 saturated carbocycles. The molecule has 0 spiro atoms. The highest BCUT2D eigenvalue weighted by Crippen LogP contribution is 2.38. The summed E-state index contributed by atoms with van der Waals surface area (Å²) in [6.07, 6.45) is 0. The van der Waals surface area contributed by atoms with E-state index >= 15 is 0 Å². The predicted molar refractivity (Wildman–Crippen MR) is 111 cm³/mol. The van der Waals surface area contributed by atoms with Gasteiger partial charge in [-0.3, -0.25) is 5.32 Å². The second-order valence-electron chi connectivity index (χ2n) is 6.32. The highest BCUT2D eigenvalue weighted by molar-refractivity contribution is 5.52. The van der Waals surface area contributed by atoms with Crippen molar-refractivity contribution < 1.29 is 14.2 Å². The average molecular weight is 378 g/mol. The molecule has 0 aliphatic carbocycles. The molecule has 3 aromatic rings. The van der Waals surface area contributed by atoms with Crippen molar-refractivity contribution in [1.82, 2.24) is 5.32 Å². The van der Waals surface area contributed by atoms with Gasteiger partial charge in [0.25, 0.3) is 0 Å². The summed E-state index contributed by atoms with van der Waals surface area (Å²) in [7, 11) is 4.98. The number of nitrogens with two attached hydrogens (primary N) is 1. The second kappa shape index (κ2) is 8.78. The first kappa shape index (κ1) is 19.7. The Bertz CT molecular complexity index is 760. The van der Waals surface area contributed by atoms with Crippen LogP contribution in [0.5, 0.6) is 17.2 Å². The fourth-order valence-electron chi connectivity index (χ4n) is 3.48. The third kappa shape index (κ3) is 3.67. The van der Waals surface area contributed by atoms with E-state index in [1.54, 1.807) is 21.3 Å². The van der Waals surface area contributed by atoms with E-state index in [9.17, 15) is 0 Å². The quantitative estimate of drug-likeness (QED) is 0.464. The minimum absolute atomic E-state index is 0.296. The van der Waals surface area contributed by atoms with Gasteiger partial charge in [0.2, 0.25) is 0 Å². The van der Waals surface area contributed by atoms with Crippen molar-refractivity contribution in [2.45, 2.75) is 5.54 Å². The van der Waals surface area contributed by atoms with E-state index < -0.39 is 5.54 Å². The van der Waals surface area contributed by atoms with Gasteiger partial charge in [0, 0.05) is 6.67 Å². The van der Waals surface area contributed by atoms with Gasteiger partial charge in [0.15, 0.2) is 0 Å². The molecule has 0 atom stereocenters. The summed E-state index contributed by atoms with van der Waals surface area (Å²) in [5, 5.41) is 3.51. The van der Waals surface area contributed by atoms with E-state index in [1.165, 1.54) is 0 Å². The Labute approximate surface area is 166 Å². The zero-order valence-electron chi connectivity index (χ0n) is 16.4. The zero-order chi connectivity index (χ0) is 20.0. The van der Waals surface area contributed by atoms with Crippen LogP contribution in [0.4, 0.5) is 0 Å². The molecule has 0 bridgehead atoms. The molecule has 28 heavy (non-hydrogen) atoms. The van der Waals surface area contributed by atoms with Crippen LogP contribution in [0.1, 0.15) is 16.7 Å². The Hall–Kier alpha value is -3.02. The van der Waals surface area contributed by atoms with Crippen LogP contribution >= 0.6 is 0 Å². The normalized spacial score (nSPS) is 11.1. The molecule has 3 rings (SSSR count). The maximum atomic E-state index is 6.01. The summed E-state index contributed by atoms with van der Waals surface area (Å²) in [6, 6.07) is 24.0.